The molecule has 160 valence electrons. The summed E-state index contributed by atoms with van der Waals surface area (Å²) >= 11 is 1.65. The minimum atomic E-state index is 0.393. The van der Waals surface area contributed by atoms with E-state index < -0.39 is 0 Å². The molecule has 7 nitrogen and oxygen atoms in total. The van der Waals surface area contributed by atoms with E-state index in [2.05, 4.69) is 42.7 Å². The number of thiazole rings is 1. The first-order valence-corrected chi connectivity index (χ1v) is 11.4. The summed E-state index contributed by atoms with van der Waals surface area (Å²) in [6, 6.07) is 12.6. The van der Waals surface area contributed by atoms with Gasteiger partial charge in [0.25, 0.3) is 0 Å². The van der Waals surface area contributed by atoms with E-state index in [1.807, 2.05) is 56.1 Å². The van der Waals surface area contributed by atoms with Gasteiger partial charge in [-0.05, 0) is 36.6 Å². The van der Waals surface area contributed by atoms with E-state index in [0.29, 0.717) is 18.5 Å². The molecule has 4 heterocycles. The molecule has 1 saturated heterocycles. The summed E-state index contributed by atoms with van der Waals surface area (Å²) in [6.07, 6.45) is 6.92. The van der Waals surface area contributed by atoms with Gasteiger partial charge in [-0.3, -0.25) is 4.99 Å². The van der Waals surface area contributed by atoms with Crippen molar-refractivity contribution in [1.29, 1.82) is 0 Å². The number of fused-ring (bicyclic) bond motifs is 1. The van der Waals surface area contributed by atoms with Crippen LogP contribution in [0.1, 0.15) is 25.1 Å². The summed E-state index contributed by atoms with van der Waals surface area (Å²) in [6.45, 7) is 4.79. The van der Waals surface area contributed by atoms with E-state index >= 15 is 0 Å². The lowest BCUT2D eigenvalue weighted by Gasteiger charge is -2.39. The fourth-order valence-corrected chi connectivity index (χ4v) is 5.09. The Morgan fingerprint density at radius 2 is 2.19 bits per heavy atom. The number of guanidine groups is 1. The number of furan rings is 1. The molecule has 0 spiro atoms. The van der Waals surface area contributed by atoms with Crippen molar-refractivity contribution in [1.82, 2.24) is 24.8 Å². The van der Waals surface area contributed by atoms with Gasteiger partial charge in [-0.15, -0.1) is 11.3 Å². The third-order valence-electron chi connectivity index (χ3n) is 5.92. The standard InChI is InChI=1S/C23H26N6OS/c1-16-9-11-28(14-19(16)29-12-10-25-15-29)23(24-2)26-13-17-7-8-20(30-17)22-27-18-5-3-4-6-21(18)31-22/h3-8,10,12,15-16,19H,9,11,13-14H2,1-2H3,(H,24,26). The predicted molar refractivity (Wildman–Crippen MR) is 124 cm³/mol. The zero-order valence-electron chi connectivity index (χ0n) is 17.7. The molecule has 3 aromatic heterocycles. The van der Waals surface area contributed by atoms with Gasteiger partial charge in [0.1, 0.15) is 5.76 Å². The van der Waals surface area contributed by atoms with Gasteiger partial charge in [0.2, 0.25) is 0 Å². The van der Waals surface area contributed by atoms with Gasteiger partial charge < -0.3 is 19.2 Å². The second-order valence-electron chi connectivity index (χ2n) is 7.94. The molecule has 1 N–H and O–H groups in total. The number of nitrogens with one attached hydrogen (secondary N) is 1. The number of likely N-dealkylation sites (tertiary alicyclic amines) is 1. The summed E-state index contributed by atoms with van der Waals surface area (Å²) in [7, 11) is 1.83. The van der Waals surface area contributed by atoms with Crippen LogP contribution in [0, 0.1) is 5.92 Å². The normalized spacial score (nSPS) is 19.8. The summed E-state index contributed by atoms with van der Waals surface area (Å²) in [4.78, 5) is 15.7. The highest BCUT2D eigenvalue weighted by molar-refractivity contribution is 7.21. The Balaban J connectivity index is 1.25. The quantitative estimate of drug-likeness (QED) is 0.380. The molecule has 1 aromatic carbocycles. The van der Waals surface area contributed by atoms with Crippen molar-refractivity contribution >= 4 is 27.5 Å². The van der Waals surface area contributed by atoms with Gasteiger partial charge in [-0.1, -0.05) is 19.1 Å². The van der Waals surface area contributed by atoms with Gasteiger partial charge in [-0.2, -0.15) is 0 Å². The minimum Gasteiger partial charge on any atom is -0.457 e. The lowest BCUT2D eigenvalue weighted by atomic mass is 9.93. The molecule has 0 aliphatic carbocycles. The van der Waals surface area contributed by atoms with Crippen molar-refractivity contribution in [2.24, 2.45) is 10.9 Å². The van der Waals surface area contributed by atoms with E-state index in [-0.39, 0.29) is 0 Å². The van der Waals surface area contributed by atoms with Crippen LogP contribution in [0.15, 0.2) is 64.5 Å². The third kappa shape index (κ3) is 4.07. The maximum Gasteiger partial charge on any atom is 0.194 e. The summed E-state index contributed by atoms with van der Waals surface area (Å²) in [5.41, 5.74) is 1.01. The van der Waals surface area contributed by atoms with E-state index in [9.17, 15) is 0 Å². The van der Waals surface area contributed by atoms with Crippen LogP contribution < -0.4 is 5.32 Å². The average molecular weight is 435 g/mol. The van der Waals surface area contributed by atoms with Crippen molar-refractivity contribution in [3.8, 4) is 10.8 Å². The summed E-state index contributed by atoms with van der Waals surface area (Å²) < 4.78 is 9.45. The first-order chi connectivity index (χ1) is 15.2. The Bertz CT molecular complexity index is 1140. The van der Waals surface area contributed by atoms with Crippen molar-refractivity contribution in [3.63, 3.8) is 0 Å². The highest BCUT2D eigenvalue weighted by Crippen LogP contribution is 2.31. The maximum atomic E-state index is 6.08. The van der Waals surface area contributed by atoms with Crippen molar-refractivity contribution in [2.75, 3.05) is 20.1 Å². The Morgan fingerprint density at radius 3 is 3.00 bits per heavy atom. The van der Waals surface area contributed by atoms with E-state index in [1.54, 1.807) is 11.3 Å². The lowest BCUT2D eigenvalue weighted by Crippen LogP contribution is -2.48. The van der Waals surface area contributed by atoms with E-state index in [1.165, 1.54) is 4.70 Å². The molecule has 0 saturated carbocycles. The number of aliphatic imine (C=N–C) groups is 1. The zero-order valence-corrected chi connectivity index (χ0v) is 18.5. The molecule has 8 heteroatoms. The molecule has 4 aromatic rings. The van der Waals surface area contributed by atoms with Crippen molar-refractivity contribution in [2.45, 2.75) is 25.9 Å². The van der Waals surface area contributed by atoms with Gasteiger partial charge in [0.05, 0.1) is 29.1 Å². The first kappa shape index (κ1) is 19.8. The number of hydrogen-bond donors (Lipinski definition) is 1. The lowest BCUT2D eigenvalue weighted by molar-refractivity contribution is 0.188. The minimum absolute atomic E-state index is 0.393. The van der Waals surface area contributed by atoms with Crippen LogP contribution >= 0.6 is 11.3 Å². The second kappa shape index (κ2) is 8.55. The molecule has 1 fully saturated rings. The summed E-state index contributed by atoms with van der Waals surface area (Å²) in [5, 5.41) is 4.38. The fourth-order valence-electron chi connectivity index (χ4n) is 4.16. The third-order valence-corrected chi connectivity index (χ3v) is 6.98. The first-order valence-electron chi connectivity index (χ1n) is 10.6. The Morgan fingerprint density at radius 1 is 1.29 bits per heavy atom. The number of piperidine rings is 1. The molecule has 0 radical (unpaired) electrons. The molecule has 0 amide bonds. The van der Waals surface area contributed by atoms with Crippen molar-refractivity contribution in [3.05, 3.63) is 60.9 Å². The van der Waals surface area contributed by atoms with Crippen LogP contribution in [0.3, 0.4) is 0 Å². The number of rotatable bonds is 4. The van der Waals surface area contributed by atoms with Crippen molar-refractivity contribution < 1.29 is 4.42 Å². The molecule has 5 rings (SSSR count). The number of aromatic nitrogens is 3. The highest BCUT2D eigenvalue weighted by Gasteiger charge is 2.29. The van der Waals surface area contributed by atoms with Crippen LogP contribution in [-0.4, -0.2) is 45.5 Å². The molecule has 1 aliphatic heterocycles. The van der Waals surface area contributed by atoms with Gasteiger partial charge >= 0.3 is 0 Å². The van der Waals surface area contributed by atoms with Gasteiger partial charge in [0.15, 0.2) is 16.7 Å². The van der Waals surface area contributed by atoms with Gasteiger partial charge in [0, 0.05) is 32.5 Å². The molecular formula is C23H26N6OS. The molecular weight excluding hydrogens is 408 g/mol. The van der Waals surface area contributed by atoms with Crippen LogP contribution in [0.4, 0.5) is 0 Å². The molecule has 1 aliphatic rings. The molecule has 0 bridgehead atoms. The Labute approximate surface area is 185 Å². The number of benzene rings is 1. The smallest absolute Gasteiger partial charge is 0.194 e. The molecule has 31 heavy (non-hydrogen) atoms. The van der Waals surface area contributed by atoms with Crippen LogP contribution in [0.5, 0.6) is 0 Å². The molecule has 2 unspecified atom stereocenters. The zero-order chi connectivity index (χ0) is 21.2. The van der Waals surface area contributed by atoms with Crippen LogP contribution in [0.2, 0.25) is 0 Å². The fraction of sp³-hybridized carbons (Fsp3) is 0.348. The van der Waals surface area contributed by atoms with Gasteiger partial charge in [-0.25, -0.2) is 9.97 Å². The number of hydrogen-bond acceptors (Lipinski definition) is 5. The SMILES string of the molecule is CN=C(NCc1ccc(-c2nc3ccccc3s2)o1)N1CCC(C)C(n2ccnc2)C1. The second-order valence-corrected chi connectivity index (χ2v) is 8.97. The average Bonchev–Trinajstić information content (AvgIpc) is 3.55. The number of imidazole rings is 1. The molecule has 2 atom stereocenters. The summed E-state index contributed by atoms with van der Waals surface area (Å²) in [5.74, 6) is 3.17. The number of para-hydroxylation sites is 1. The van der Waals surface area contributed by atoms with Crippen LogP contribution in [-0.2, 0) is 6.54 Å². The van der Waals surface area contributed by atoms with E-state index in [0.717, 1.165) is 47.5 Å². The Kier molecular flexibility index (Phi) is 5.46. The highest BCUT2D eigenvalue weighted by atomic mass is 32.1. The van der Waals surface area contributed by atoms with Crippen LogP contribution in [0.25, 0.3) is 21.0 Å². The monoisotopic (exact) mass is 434 g/mol. The maximum absolute atomic E-state index is 6.08. The predicted octanol–water partition coefficient (Wildman–Crippen LogP) is 4.41. The largest absolute Gasteiger partial charge is 0.457 e. The van der Waals surface area contributed by atoms with E-state index in [4.69, 9.17) is 4.42 Å². The Hall–Kier alpha value is -3.13. The topological polar surface area (TPSA) is 71.5 Å². The number of nitrogens with zero attached hydrogens (tertiary/aromatic N) is 5.